The number of fused-ring (bicyclic) bond motifs is 7. The minimum atomic E-state index is -1.28. The fraction of sp³-hybridized carbons (Fsp3) is 0.868. The van der Waals surface area contributed by atoms with Gasteiger partial charge in [0.15, 0.2) is 6.04 Å². The average molecular weight is 659 g/mol. The zero-order valence-corrected chi connectivity index (χ0v) is 30.2. The van der Waals surface area contributed by atoms with E-state index in [9.17, 15) is 29.7 Å². The van der Waals surface area contributed by atoms with Gasteiger partial charge in [-0.3, -0.25) is 9.59 Å². The van der Waals surface area contributed by atoms with E-state index >= 15 is 0 Å². The highest BCUT2D eigenvalue weighted by Crippen LogP contribution is 2.75. The Hall–Kier alpha value is -1.97. The molecule has 2 amide bonds. The van der Waals surface area contributed by atoms with Gasteiger partial charge in [-0.2, -0.15) is 0 Å². The van der Waals surface area contributed by atoms with Crippen LogP contribution in [0.3, 0.4) is 0 Å². The van der Waals surface area contributed by atoms with Crippen molar-refractivity contribution in [3.05, 3.63) is 11.6 Å². The van der Waals surface area contributed by atoms with Crippen LogP contribution >= 0.6 is 0 Å². The molecule has 47 heavy (non-hydrogen) atoms. The molecule has 4 fully saturated rings. The molecule has 9 heteroatoms. The topological polar surface area (TPSA) is 145 Å². The van der Waals surface area contributed by atoms with E-state index < -0.39 is 42.6 Å². The van der Waals surface area contributed by atoms with E-state index in [-0.39, 0.29) is 51.6 Å². The summed E-state index contributed by atoms with van der Waals surface area (Å²) < 4.78 is 4.95. The van der Waals surface area contributed by atoms with Gasteiger partial charge in [0.2, 0.25) is 11.8 Å². The number of rotatable bonds is 8. The Morgan fingerprint density at radius 2 is 1.53 bits per heavy atom. The lowest BCUT2D eigenvalue weighted by Crippen LogP contribution is -2.66. The van der Waals surface area contributed by atoms with Crippen molar-refractivity contribution < 1.29 is 34.4 Å². The van der Waals surface area contributed by atoms with Crippen molar-refractivity contribution in [1.82, 2.24) is 10.6 Å². The molecule has 0 saturated heterocycles. The lowest BCUT2D eigenvalue weighted by atomic mass is 9.33. The summed E-state index contributed by atoms with van der Waals surface area (Å²) in [5.74, 6) is -0.724. The molecular weight excluding hydrogens is 596 g/mol. The molecule has 0 bridgehead atoms. The monoisotopic (exact) mass is 658 g/mol. The normalized spacial score (nSPS) is 41.4. The number of nitrogens with one attached hydrogen (secondary N) is 2. The Bertz CT molecular complexity index is 1280. The molecule has 0 spiro atoms. The quantitative estimate of drug-likeness (QED) is 0.188. The summed E-state index contributed by atoms with van der Waals surface area (Å²) >= 11 is 0. The van der Waals surface area contributed by atoms with Crippen LogP contribution in [-0.4, -0.2) is 71.1 Å². The maximum Gasteiger partial charge on any atom is 0.331 e. The second-order valence-electron chi connectivity index (χ2n) is 18.0. The molecule has 10 atom stereocenters. The summed E-state index contributed by atoms with van der Waals surface area (Å²) in [6.45, 7) is 17.1. The predicted octanol–water partition coefficient (Wildman–Crippen LogP) is 4.67. The molecule has 5 rings (SSSR count). The second-order valence-corrected chi connectivity index (χ2v) is 18.0. The zero-order chi connectivity index (χ0) is 34.8. The molecule has 266 valence electrons. The molecule has 0 radical (unpaired) electrons. The van der Waals surface area contributed by atoms with Crippen LogP contribution in [0.1, 0.15) is 120 Å². The number of aliphatic hydroxyl groups excluding tert-OH is 3. The first-order valence-corrected chi connectivity index (χ1v) is 18.2. The van der Waals surface area contributed by atoms with Crippen molar-refractivity contribution in [2.75, 3.05) is 19.8 Å². The molecule has 5 aliphatic carbocycles. The molecule has 0 heterocycles. The molecular formula is C38H62N2O7. The van der Waals surface area contributed by atoms with Gasteiger partial charge in [-0.05, 0) is 116 Å². The fourth-order valence-electron chi connectivity index (χ4n) is 11.8. The number of hydrogen-bond donors (Lipinski definition) is 5. The molecule has 0 unspecified atom stereocenters. The van der Waals surface area contributed by atoms with E-state index in [0.717, 1.165) is 51.4 Å². The number of hydrogen-bond acceptors (Lipinski definition) is 7. The molecule has 5 aliphatic rings. The fourth-order valence-corrected chi connectivity index (χ4v) is 11.8. The molecule has 9 nitrogen and oxygen atoms in total. The zero-order valence-electron chi connectivity index (χ0n) is 30.2. The van der Waals surface area contributed by atoms with Gasteiger partial charge in [0, 0.05) is 0 Å². The number of carbonyl (C=O) groups is 3. The van der Waals surface area contributed by atoms with Crippen molar-refractivity contribution in [1.29, 1.82) is 0 Å². The molecule has 5 N–H and O–H groups in total. The second kappa shape index (κ2) is 12.4. The molecule has 0 aromatic carbocycles. The number of carbonyl (C=O) groups excluding carboxylic acids is 3. The first-order chi connectivity index (χ1) is 21.9. The Labute approximate surface area is 282 Å². The van der Waals surface area contributed by atoms with Crippen LogP contribution in [0, 0.1) is 50.2 Å². The van der Waals surface area contributed by atoms with Gasteiger partial charge in [0.05, 0.1) is 31.3 Å². The SMILES string of the molecule is CCOC(=O)[C@@H](CO)NC(=O)[C@H](CO)NC(=O)[C@]12CCC(C)(C)C[C@H]1C1=CC[C@@H]3[C@@]4(C)CC[C@H](O)C(C)(C)[C@@H]4CC[C@@]3(C)[C@]1(C)CC2. The largest absolute Gasteiger partial charge is 0.464 e. The van der Waals surface area contributed by atoms with E-state index in [1.54, 1.807) is 6.92 Å². The molecule has 4 saturated carbocycles. The summed E-state index contributed by atoms with van der Waals surface area (Å²) in [5.41, 5.74) is 0.771. The third kappa shape index (κ3) is 5.58. The van der Waals surface area contributed by atoms with E-state index in [2.05, 4.69) is 65.2 Å². The standard InChI is InChI=1S/C38H62N2O7/c1-9-47-31(45)26(22-42)39-30(44)25(21-41)40-32(46)38-18-16-33(2,3)20-24(38)23-10-11-28-35(6)14-13-29(43)34(4,5)27(35)12-15-37(28,8)36(23,7)17-19-38/h10,24-29,41-43H,9,11-22H2,1-8H3,(H,39,44)(H,40,46)/t24-,25-,26+,27-,28+,29-,35-,36+,37+,38-/m0/s1. The maximum atomic E-state index is 14.5. The Balaban J connectivity index is 1.46. The minimum absolute atomic E-state index is 0.0186. The van der Waals surface area contributed by atoms with Crippen molar-refractivity contribution in [3.8, 4) is 0 Å². The van der Waals surface area contributed by atoms with Crippen LogP contribution in [0.5, 0.6) is 0 Å². The van der Waals surface area contributed by atoms with Crippen LogP contribution in [0.25, 0.3) is 0 Å². The van der Waals surface area contributed by atoms with E-state index in [1.807, 2.05) is 0 Å². The van der Waals surface area contributed by atoms with Gasteiger partial charge in [0.25, 0.3) is 0 Å². The number of esters is 1. The van der Waals surface area contributed by atoms with Gasteiger partial charge < -0.3 is 30.7 Å². The summed E-state index contributed by atoms with van der Waals surface area (Å²) in [6, 6.07) is -2.53. The summed E-state index contributed by atoms with van der Waals surface area (Å²) in [4.78, 5) is 39.9. The van der Waals surface area contributed by atoms with Crippen molar-refractivity contribution in [2.24, 2.45) is 50.2 Å². The number of aliphatic hydroxyl groups is 3. The predicted molar refractivity (Wildman–Crippen MR) is 180 cm³/mol. The summed E-state index contributed by atoms with van der Waals surface area (Å²) in [7, 11) is 0. The van der Waals surface area contributed by atoms with Gasteiger partial charge in [0.1, 0.15) is 6.04 Å². The Morgan fingerprint density at radius 3 is 2.17 bits per heavy atom. The Kier molecular flexibility index (Phi) is 9.59. The van der Waals surface area contributed by atoms with E-state index in [1.165, 1.54) is 5.57 Å². The maximum absolute atomic E-state index is 14.5. The van der Waals surface area contributed by atoms with Crippen LogP contribution < -0.4 is 10.6 Å². The highest BCUT2D eigenvalue weighted by Gasteiger charge is 2.69. The van der Waals surface area contributed by atoms with Crippen LogP contribution in [-0.2, 0) is 19.1 Å². The first-order valence-electron chi connectivity index (χ1n) is 18.2. The van der Waals surface area contributed by atoms with Crippen molar-refractivity contribution in [3.63, 3.8) is 0 Å². The molecule has 0 aromatic rings. The molecule has 0 aromatic heterocycles. The van der Waals surface area contributed by atoms with Gasteiger partial charge in [-0.1, -0.05) is 60.1 Å². The van der Waals surface area contributed by atoms with Gasteiger partial charge in [-0.25, -0.2) is 4.79 Å². The lowest BCUT2D eigenvalue weighted by molar-refractivity contribution is -0.203. The smallest absolute Gasteiger partial charge is 0.331 e. The van der Waals surface area contributed by atoms with Crippen molar-refractivity contribution in [2.45, 2.75) is 138 Å². The lowest BCUT2D eigenvalue weighted by Gasteiger charge is -2.71. The third-order valence-corrected chi connectivity index (χ3v) is 14.9. The average Bonchev–Trinajstić information content (AvgIpc) is 3.00. The van der Waals surface area contributed by atoms with Gasteiger partial charge >= 0.3 is 5.97 Å². The first kappa shape index (κ1) is 36.3. The van der Waals surface area contributed by atoms with Gasteiger partial charge in [-0.15, -0.1) is 0 Å². The van der Waals surface area contributed by atoms with E-state index in [4.69, 9.17) is 4.74 Å². The minimum Gasteiger partial charge on any atom is -0.464 e. The number of amides is 2. The number of ether oxygens (including phenoxy) is 1. The van der Waals surface area contributed by atoms with Crippen molar-refractivity contribution >= 4 is 17.8 Å². The highest BCUT2D eigenvalue weighted by molar-refractivity contribution is 5.93. The summed E-state index contributed by atoms with van der Waals surface area (Å²) in [6.07, 6.45) is 11.4. The Morgan fingerprint density at radius 1 is 0.872 bits per heavy atom. The van der Waals surface area contributed by atoms with Crippen LogP contribution in [0.4, 0.5) is 0 Å². The molecule has 0 aliphatic heterocycles. The van der Waals surface area contributed by atoms with Crippen LogP contribution in [0.2, 0.25) is 0 Å². The number of allylic oxidation sites excluding steroid dienone is 2. The third-order valence-electron chi connectivity index (χ3n) is 14.9. The van der Waals surface area contributed by atoms with Crippen LogP contribution in [0.15, 0.2) is 11.6 Å². The van der Waals surface area contributed by atoms with E-state index in [0.29, 0.717) is 24.7 Å². The summed E-state index contributed by atoms with van der Waals surface area (Å²) in [5, 5.41) is 36.3. The highest BCUT2D eigenvalue weighted by atomic mass is 16.5.